The van der Waals surface area contributed by atoms with Crippen LogP contribution in [0.1, 0.15) is 29.8 Å². The van der Waals surface area contributed by atoms with E-state index < -0.39 is 10.0 Å². The smallest absolute Gasteiger partial charge is 0.240 e. The highest BCUT2D eigenvalue weighted by Gasteiger charge is 2.26. The number of nitrogens with one attached hydrogen (secondary N) is 2. The van der Waals surface area contributed by atoms with E-state index in [1.54, 1.807) is 12.1 Å². The van der Waals surface area contributed by atoms with E-state index in [9.17, 15) is 13.2 Å². The van der Waals surface area contributed by atoms with Gasteiger partial charge in [-0.15, -0.1) is 0 Å². The number of carbonyl (C=O) groups is 1. The summed E-state index contributed by atoms with van der Waals surface area (Å²) in [5, 5.41) is 2.92. The van der Waals surface area contributed by atoms with Gasteiger partial charge in [-0.3, -0.25) is 4.79 Å². The van der Waals surface area contributed by atoms with Crippen molar-refractivity contribution in [1.29, 1.82) is 0 Å². The summed E-state index contributed by atoms with van der Waals surface area (Å²) < 4.78 is 27.7. The lowest BCUT2D eigenvalue weighted by Gasteiger charge is -2.31. The molecule has 0 bridgehead atoms. The van der Waals surface area contributed by atoms with Gasteiger partial charge < -0.3 is 10.2 Å². The molecule has 2 aromatic carbocycles. The van der Waals surface area contributed by atoms with Crippen LogP contribution in [-0.2, 0) is 21.4 Å². The number of aryl methyl sites for hydroxylation is 2. The van der Waals surface area contributed by atoms with Crippen LogP contribution >= 0.6 is 0 Å². The quantitative estimate of drug-likeness (QED) is 0.538. The van der Waals surface area contributed by atoms with Crippen LogP contribution in [-0.4, -0.2) is 37.4 Å². The highest BCUT2D eigenvalue weighted by Crippen LogP contribution is 2.23. The molecule has 1 aliphatic heterocycles. The van der Waals surface area contributed by atoms with E-state index in [0.717, 1.165) is 17.0 Å². The van der Waals surface area contributed by atoms with Gasteiger partial charge in [0.1, 0.15) is 0 Å². The third-order valence-electron chi connectivity index (χ3n) is 5.86. The lowest BCUT2D eigenvalue weighted by molar-refractivity contribution is -0.120. The summed E-state index contributed by atoms with van der Waals surface area (Å²) in [5.74, 6) is 0.547. The summed E-state index contributed by atoms with van der Waals surface area (Å²) in [6.45, 7) is 5.55. The Morgan fingerprint density at radius 3 is 2.21 bits per heavy atom. The van der Waals surface area contributed by atoms with Crippen LogP contribution < -0.4 is 14.9 Å². The molecule has 34 heavy (non-hydrogen) atoms. The number of carbonyl (C=O) groups excluding carboxylic acids is 1. The number of nitrogens with zero attached hydrogens (tertiary/aromatic N) is 3. The zero-order valence-electron chi connectivity index (χ0n) is 19.4. The molecule has 178 valence electrons. The Bertz CT molecular complexity index is 1220. The number of hydrogen-bond acceptors (Lipinski definition) is 6. The summed E-state index contributed by atoms with van der Waals surface area (Å²) in [7, 11) is -3.64. The minimum absolute atomic E-state index is 0.0567. The van der Waals surface area contributed by atoms with Gasteiger partial charge in [0.05, 0.1) is 4.90 Å². The number of piperidine rings is 1. The lowest BCUT2D eigenvalue weighted by atomic mass is 9.96. The van der Waals surface area contributed by atoms with Crippen LogP contribution in [0.3, 0.4) is 0 Å². The van der Waals surface area contributed by atoms with Crippen molar-refractivity contribution in [1.82, 2.24) is 14.7 Å². The summed E-state index contributed by atoms with van der Waals surface area (Å²) >= 11 is 0. The summed E-state index contributed by atoms with van der Waals surface area (Å²) in [5.41, 5.74) is 3.32. The molecule has 1 aromatic heterocycles. The van der Waals surface area contributed by atoms with Crippen LogP contribution in [0, 0.1) is 19.8 Å². The van der Waals surface area contributed by atoms with Crippen LogP contribution in [0.4, 0.5) is 11.6 Å². The molecule has 0 atom stereocenters. The maximum atomic E-state index is 12.8. The minimum atomic E-state index is -3.64. The van der Waals surface area contributed by atoms with Gasteiger partial charge in [-0.2, -0.15) is 0 Å². The molecule has 2 N–H and O–H groups in total. The summed E-state index contributed by atoms with van der Waals surface area (Å²) in [4.78, 5) is 24.1. The van der Waals surface area contributed by atoms with Crippen molar-refractivity contribution in [3.05, 3.63) is 77.6 Å². The number of anilines is 2. The molecule has 0 unspecified atom stereocenters. The standard InChI is InChI=1S/C25H29N5O3S/c1-18-16-19(2)28-25(27-18)30-14-12-21(13-15-30)24(31)29-22-8-10-23(11-9-22)34(32,33)26-17-20-6-4-3-5-7-20/h3-11,16,21,26H,12-15,17H2,1-2H3,(H,29,31). The fraction of sp³-hybridized carbons (Fsp3) is 0.320. The fourth-order valence-corrected chi connectivity index (χ4v) is 5.03. The first kappa shape index (κ1) is 23.8. The van der Waals surface area contributed by atoms with E-state index in [-0.39, 0.29) is 23.3 Å². The maximum absolute atomic E-state index is 12.8. The van der Waals surface area contributed by atoms with Crippen molar-refractivity contribution in [3.8, 4) is 0 Å². The van der Waals surface area contributed by atoms with E-state index in [2.05, 4.69) is 24.9 Å². The van der Waals surface area contributed by atoms with Gasteiger partial charge in [-0.05, 0) is 62.6 Å². The normalized spacial score (nSPS) is 14.7. The Balaban J connectivity index is 1.30. The molecule has 9 heteroatoms. The third-order valence-corrected chi connectivity index (χ3v) is 7.28. The zero-order chi connectivity index (χ0) is 24.1. The first-order chi connectivity index (χ1) is 16.3. The molecule has 0 spiro atoms. The van der Waals surface area contributed by atoms with E-state index in [1.807, 2.05) is 50.2 Å². The second kappa shape index (κ2) is 10.3. The summed E-state index contributed by atoms with van der Waals surface area (Å²) in [6.07, 6.45) is 1.41. The third kappa shape index (κ3) is 5.98. The number of benzene rings is 2. The highest BCUT2D eigenvalue weighted by atomic mass is 32.2. The van der Waals surface area contributed by atoms with Crippen molar-refractivity contribution in [2.45, 2.75) is 38.1 Å². The van der Waals surface area contributed by atoms with Gasteiger partial charge in [0.2, 0.25) is 21.9 Å². The first-order valence-electron chi connectivity index (χ1n) is 11.3. The predicted molar refractivity (Wildman–Crippen MR) is 132 cm³/mol. The van der Waals surface area contributed by atoms with Crippen molar-refractivity contribution < 1.29 is 13.2 Å². The minimum Gasteiger partial charge on any atom is -0.341 e. The summed E-state index contributed by atoms with van der Waals surface area (Å²) in [6, 6.07) is 17.5. The van der Waals surface area contributed by atoms with Crippen LogP contribution in [0.5, 0.6) is 0 Å². The topological polar surface area (TPSA) is 104 Å². The molecule has 2 heterocycles. The zero-order valence-corrected chi connectivity index (χ0v) is 20.2. The van der Waals surface area contributed by atoms with Crippen LogP contribution in [0.15, 0.2) is 65.6 Å². The van der Waals surface area contributed by atoms with E-state index in [1.165, 1.54) is 12.1 Å². The Kier molecular flexibility index (Phi) is 7.23. The van der Waals surface area contributed by atoms with Gasteiger partial charge in [-0.1, -0.05) is 30.3 Å². The maximum Gasteiger partial charge on any atom is 0.240 e. The van der Waals surface area contributed by atoms with Crippen molar-refractivity contribution in [2.24, 2.45) is 5.92 Å². The van der Waals surface area contributed by atoms with Gasteiger partial charge in [0.15, 0.2) is 0 Å². The molecule has 1 saturated heterocycles. The highest BCUT2D eigenvalue weighted by molar-refractivity contribution is 7.89. The Morgan fingerprint density at radius 1 is 0.971 bits per heavy atom. The largest absolute Gasteiger partial charge is 0.341 e. The molecule has 0 saturated carbocycles. The number of amides is 1. The molecular weight excluding hydrogens is 450 g/mol. The predicted octanol–water partition coefficient (Wildman–Crippen LogP) is 3.43. The lowest BCUT2D eigenvalue weighted by Crippen LogP contribution is -2.39. The van der Waals surface area contributed by atoms with Crippen LogP contribution in [0.25, 0.3) is 0 Å². The van der Waals surface area contributed by atoms with Crippen LogP contribution in [0.2, 0.25) is 0 Å². The molecule has 3 aromatic rings. The number of aromatic nitrogens is 2. The molecule has 1 aliphatic rings. The molecule has 0 radical (unpaired) electrons. The molecular formula is C25H29N5O3S. The Labute approximate surface area is 200 Å². The molecule has 8 nitrogen and oxygen atoms in total. The molecule has 4 rings (SSSR count). The number of hydrogen-bond donors (Lipinski definition) is 2. The van der Waals surface area contributed by atoms with E-state index in [4.69, 9.17) is 0 Å². The second-order valence-electron chi connectivity index (χ2n) is 8.54. The van der Waals surface area contributed by atoms with Crippen molar-refractivity contribution in [2.75, 3.05) is 23.3 Å². The Hall–Kier alpha value is -3.30. The molecule has 1 fully saturated rings. The first-order valence-corrected chi connectivity index (χ1v) is 12.8. The number of sulfonamides is 1. The Morgan fingerprint density at radius 2 is 1.59 bits per heavy atom. The van der Waals surface area contributed by atoms with Crippen molar-refractivity contribution >= 4 is 27.6 Å². The van der Waals surface area contributed by atoms with E-state index >= 15 is 0 Å². The molecule has 0 aliphatic carbocycles. The number of rotatable bonds is 7. The van der Waals surface area contributed by atoms with E-state index in [0.29, 0.717) is 37.6 Å². The average Bonchev–Trinajstić information content (AvgIpc) is 2.83. The van der Waals surface area contributed by atoms with Gasteiger partial charge >= 0.3 is 0 Å². The molecule has 1 amide bonds. The average molecular weight is 480 g/mol. The van der Waals surface area contributed by atoms with Gasteiger partial charge in [-0.25, -0.2) is 23.1 Å². The second-order valence-corrected chi connectivity index (χ2v) is 10.3. The SMILES string of the molecule is Cc1cc(C)nc(N2CCC(C(=O)Nc3ccc(S(=O)(=O)NCc4ccccc4)cc3)CC2)n1. The fourth-order valence-electron chi connectivity index (χ4n) is 4.01. The van der Waals surface area contributed by atoms with Crippen molar-refractivity contribution in [3.63, 3.8) is 0 Å². The van der Waals surface area contributed by atoms with Gasteiger partial charge in [0, 0.05) is 42.6 Å². The van der Waals surface area contributed by atoms with Gasteiger partial charge in [0.25, 0.3) is 0 Å². The monoisotopic (exact) mass is 479 g/mol.